The van der Waals surface area contributed by atoms with Gasteiger partial charge in [0, 0.05) is 12.2 Å². The second-order valence-electron chi connectivity index (χ2n) is 4.23. The largest absolute Gasteiger partial charge is 0.348 e. The van der Waals surface area contributed by atoms with Crippen molar-refractivity contribution < 1.29 is 4.79 Å². The molecule has 92 valence electrons. The van der Waals surface area contributed by atoms with Gasteiger partial charge in [0.1, 0.15) is 12.0 Å². The summed E-state index contributed by atoms with van der Waals surface area (Å²) >= 11 is 5.86. The zero-order valence-electron chi connectivity index (χ0n) is 9.40. The molecule has 1 aliphatic carbocycles. The van der Waals surface area contributed by atoms with Crippen molar-refractivity contribution in [3.63, 3.8) is 0 Å². The monoisotopic (exact) mass is 254 g/mol. The van der Waals surface area contributed by atoms with Gasteiger partial charge in [-0.05, 0) is 25.3 Å². The summed E-state index contributed by atoms with van der Waals surface area (Å²) in [5.41, 5.74) is 5.89. The highest BCUT2D eigenvalue weighted by Gasteiger charge is 2.28. The Kier molecular flexibility index (Phi) is 3.91. The summed E-state index contributed by atoms with van der Waals surface area (Å²) in [4.78, 5) is 19.6. The SMILES string of the molecule is NCC1CCCC1NC(=O)c1ncncc1Cl. The van der Waals surface area contributed by atoms with Crippen molar-refractivity contribution in [3.8, 4) is 0 Å². The average Bonchev–Trinajstić information content (AvgIpc) is 2.76. The first kappa shape index (κ1) is 12.3. The molecule has 1 amide bonds. The quantitative estimate of drug-likeness (QED) is 0.843. The Morgan fingerprint density at radius 1 is 1.59 bits per heavy atom. The number of hydrogen-bond acceptors (Lipinski definition) is 4. The van der Waals surface area contributed by atoms with Gasteiger partial charge in [-0.3, -0.25) is 4.79 Å². The molecule has 1 aromatic rings. The van der Waals surface area contributed by atoms with Crippen molar-refractivity contribution in [1.82, 2.24) is 15.3 Å². The van der Waals surface area contributed by atoms with E-state index in [4.69, 9.17) is 17.3 Å². The van der Waals surface area contributed by atoms with Crippen LogP contribution in [-0.4, -0.2) is 28.5 Å². The zero-order chi connectivity index (χ0) is 12.3. The van der Waals surface area contributed by atoms with E-state index in [1.807, 2.05) is 0 Å². The Hall–Kier alpha value is -1.20. The molecule has 1 heterocycles. The highest BCUT2D eigenvalue weighted by Crippen LogP contribution is 2.25. The molecule has 2 rings (SSSR count). The molecule has 17 heavy (non-hydrogen) atoms. The molecule has 0 saturated heterocycles. The van der Waals surface area contributed by atoms with E-state index in [-0.39, 0.29) is 22.7 Å². The van der Waals surface area contributed by atoms with Crippen molar-refractivity contribution in [1.29, 1.82) is 0 Å². The van der Waals surface area contributed by atoms with Crippen molar-refractivity contribution >= 4 is 17.5 Å². The first-order chi connectivity index (χ1) is 8.22. The Morgan fingerprint density at radius 3 is 3.12 bits per heavy atom. The third-order valence-electron chi connectivity index (χ3n) is 3.16. The van der Waals surface area contributed by atoms with Crippen LogP contribution < -0.4 is 11.1 Å². The maximum Gasteiger partial charge on any atom is 0.271 e. The van der Waals surface area contributed by atoms with E-state index < -0.39 is 0 Å². The Labute approximate surface area is 105 Å². The van der Waals surface area contributed by atoms with Crippen LogP contribution in [0.2, 0.25) is 5.02 Å². The summed E-state index contributed by atoms with van der Waals surface area (Å²) in [6, 6.07) is 0.138. The van der Waals surface area contributed by atoms with Crippen LogP contribution >= 0.6 is 11.6 Å². The van der Waals surface area contributed by atoms with Crippen LogP contribution in [0.4, 0.5) is 0 Å². The minimum atomic E-state index is -0.247. The van der Waals surface area contributed by atoms with Crippen molar-refractivity contribution in [2.75, 3.05) is 6.54 Å². The number of rotatable bonds is 3. The number of nitrogens with one attached hydrogen (secondary N) is 1. The lowest BCUT2D eigenvalue weighted by atomic mass is 10.0. The molecule has 0 radical (unpaired) electrons. The summed E-state index contributed by atoms with van der Waals surface area (Å²) in [7, 11) is 0. The van der Waals surface area contributed by atoms with Crippen LogP contribution in [0.15, 0.2) is 12.5 Å². The number of halogens is 1. The maximum atomic E-state index is 12.0. The van der Waals surface area contributed by atoms with E-state index >= 15 is 0 Å². The minimum absolute atomic E-state index is 0.138. The van der Waals surface area contributed by atoms with Crippen molar-refractivity contribution in [2.24, 2.45) is 11.7 Å². The Bertz CT molecular complexity index is 412. The molecule has 0 bridgehead atoms. The molecule has 1 aliphatic rings. The number of carbonyl (C=O) groups excluding carboxylic acids is 1. The number of hydrogen-bond donors (Lipinski definition) is 2. The fourth-order valence-corrected chi connectivity index (χ4v) is 2.42. The van der Waals surface area contributed by atoms with Gasteiger partial charge in [-0.2, -0.15) is 0 Å². The van der Waals surface area contributed by atoms with Gasteiger partial charge in [0.25, 0.3) is 5.91 Å². The van der Waals surface area contributed by atoms with Gasteiger partial charge in [0.15, 0.2) is 0 Å². The predicted octanol–water partition coefficient (Wildman–Crippen LogP) is 0.987. The van der Waals surface area contributed by atoms with Crippen LogP contribution in [0, 0.1) is 5.92 Å². The number of aromatic nitrogens is 2. The second-order valence-corrected chi connectivity index (χ2v) is 4.63. The lowest BCUT2D eigenvalue weighted by Gasteiger charge is -2.19. The molecular weight excluding hydrogens is 240 g/mol. The van der Waals surface area contributed by atoms with E-state index in [0.717, 1.165) is 19.3 Å². The summed E-state index contributed by atoms with van der Waals surface area (Å²) in [6.45, 7) is 0.600. The normalized spacial score (nSPS) is 23.6. The van der Waals surface area contributed by atoms with Crippen LogP contribution in [0.3, 0.4) is 0 Å². The first-order valence-electron chi connectivity index (χ1n) is 5.68. The van der Waals surface area contributed by atoms with Crippen LogP contribution in [0.5, 0.6) is 0 Å². The van der Waals surface area contributed by atoms with Crippen molar-refractivity contribution in [2.45, 2.75) is 25.3 Å². The summed E-state index contributed by atoms with van der Waals surface area (Å²) in [6.07, 6.45) is 5.87. The molecule has 1 aromatic heterocycles. The number of carbonyl (C=O) groups is 1. The van der Waals surface area contributed by atoms with E-state index in [2.05, 4.69) is 15.3 Å². The van der Waals surface area contributed by atoms with E-state index in [0.29, 0.717) is 12.5 Å². The highest BCUT2D eigenvalue weighted by atomic mass is 35.5. The third kappa shape index (κ3) is 2.73. The topological polar surface area (TPSA) is 80.9 Å². The first-order valence-corrected chi connectivity index (χ1v) is 6.06. The van der Waals surface area contributed by atoms with E-state index in [1.165, 1.54) is 12.5 Å². The molecule has 2 atom stereocenters. The van der Waals surface area contributed by atoms with Gasteiger partial charge in [-0.15, -0.1) is 0 Å². The maximum absolute atomic E-state index is 12.0. The molecule has 1 saturated carbocycles. The Balaban J connectivity index is 2.04. The lowest BCUT2D eigenvalue weighted by Crippen LogP contribution is -2.40. The number of nitrogens with zero attached hydrogens (tertiary/aromatic N) is 2. The molecule has 0 aliphatic heterocycles. The summed E-state index contributed by atoms with van der Waals surface area (Å²) < 4.78 is 0. The number of nitrogens with two attached hydrogens (primary N) is 1. The molecule has 1 fully saturated rings. The molecule has 2 unspecified atom stereocenters. The molecular formula is C11H15ClN4O. The molecule has 0 aromatic carbocycles. The van der Waals surface area contributed by atoms with Gasteiger partial charge >= 0.3 is 0 Å². The third-order valence-corrected chi connectivity index (χ3v) is 3.44. The van der Waals surface area contributed by atoms with Gasteiger partial charge in [0.2, 0.25) is 0 Å². The van der Waals surface area contributed by atoms with Crippen LogP contribution in [-0.2, 0) is 0 Å². The number of amides is 1. The smallest absolute Gasteiger partial charge is 0.271 e. The minimum Gasteiger partial charge on any atom is -0.348 e. The second kappa shape index (κ2) is 5.42. The zero-order valence-corrected chi connectivity index (χ0v) is 10.2. The predicted molar refractivity (Wildman–Crippen MR) is 64.7 cm³/mol. The fourth-order valence-electron chi connectivity index (χ4n) is 2.23. The average molecular weight is 255 g/mol. The van der Waals surface area contributed by atoms with E-state index in [1.54, 1.807) is 0 Å². The lowest BCUT2D eigenvalue weighted by molar-refractivity contribution is 0.0923. The molecule has 3 N–H and O–H groups in total. The van der Waals surface area contributed by atoms with E-state index in [9.17, 15) is 4.79 Å². The van der Waals surface area contributed by atoms with Gasteiger partial charge < -0.3 is 11.1 Å². The van der Waals surface area contributed by atoms with Crippen molar-refractivity contribution in [3.05, 3.63) is 23.2 Å². The molecule has 0 spiro atoms. The molecule has 6 heteroatoms. The molecule has 5 nitrogen and oxygen atoms in total. The highest BCUT2D eigenvalue weighted by molar-refractivity contribution is 6.33. The van der Waals surface area contributed by atoms with Gasteiger partial charge in [0.05, 0.1) is 5.02 Å². The summed E-state index contributed by atoms with van der Waals surface area (Å²) in [5.74, 6) is 0.113. The fraction of sp³-hybridized carbons (Fsp3) is 0.545. The van der Waals surface area contributed by atoms with Crippen LogP contribution in [0.1, 0.15) is 29.8 Å². The van der Waals surface area contributed by atoms with Crippen LogP contribution in [0.25, 0.3) is 0 Å². The summed E-state index contributed by atoms with van der Waals surface area (Å²) in [5, 5.41) is 3.21. The Morgan fingerprint density at radius 2 is 2.41 bits per heavy atom. The van der Waals surface area contributed by atoms with Gasteiger partial charge in [-0.25, -0.2) is 9.97 Å². The standard InChI is InChI=1S/C11H15ClN4O/c12-8-5-14-6-15-10(8)11(17)16-9-3-1-2-7(9)4-13/h5-7,9H,1-4,13H2,(H,16,17). The van der Waals surface area contributed by atoms with Gasteiger partial charge in [-0.1, -0.05) is 18.0 Å².